The number of aromatic amines is 1. The molecule has 0 spiro atoms. The third-order valence-corrected chi connectivity index (χ3v) is 5.42. The maximum atomic E-state index is 12.5. The highest BCUT2D eigenvalue weighted by Gasteiger charge is 2.29. The van der Waals surface area contributed by atoms with E-state index in [4.69, 9.17) is 4.74 Å². The normalized spacial score (nSPS) is 20.5. The summed E-state index contributed by atoms with van der Waals surface area (Å²) in [4.78, 5) is 18.0. The van der Waals surface area contributed by atoms with Crippen molar-refractivity contribution in [3.8, 4) is 0 Å². The number of amides is 1. The highest BCUT2D eigenvalue weighted by molar-refractivity contribution is 5.81. The molecule has 24 heavy (non-hydrogen) atoms. The highest BCUT2D eigenvalue weighted by atomic mass is 16.5. The lowest BCUT2D eigenvalue weighted by Gasteiger charge is -2.33. The summed E-state index contributed by atoms with van der Waals surface area (Å²) < 4.78 is 5.73. The fourth-order valence-electron chi connectivity index (χ4n) is 3.62. The monoisotopic (exact) mass is 326 g/mol. The number of H-pyrrole nitrogens is 1. The number of piperidine rings is 1. The summed E-state index contributed by atoms with van der Waals surface area (Å²) in [6.07, 6.45) is 4.27. The second kappa shape index (κ2) is 6.60. The van der Waals surface area contributed by atoms with Crippen LogP contribution in [0.5, 0.6) is 0 Å². The lowest BCUT2D eigenvalue weighted by molar-refractivity contribution is -0.144. The van der Waals surface area contributed by atoms with Gasteiger partial charge in [-0.3, -0.25) is 4.79 Å². The molecule has 4 rings (SSSR count). The van der Waals surface area contributed by atoms with Crippen molar-refractivity contribution in [3.63, 3.8) is 0 Å². The van der Waals surface area contributed by atoms with Gasteiger partial charge in [0.25, 0.3) is 5.91 Å². The maximum absolute atomic E-state index is 12.5. The van der Waals surface area contributed by atoms with Crippen LogP contribution in [0, 0.1) is 5.92 Å². The average Bonchev–Trinajstić information content (AvgIpc) is 3.35. The third-order valence-electron chi connectivity index (χ3n) is 5.42. The first-order valence-electron chi connectivity index (χ1n) is 9.19. The van der Waals surface area contributed by atoms with Gasteiger partial charge in [0.15, 0.2) is 0 Å². The first kappa shape index (κ1) is 15.7. The summed E-state index contributed by atoms with van der Waals surface area (Å²) in [6.45, 7) is 4.30. The van der Waals surface area contributed by atoms with Gasteiger partial charge in [-0.1, -0.05) is 18.2 Å². The topological polar surface area (TPSA) is 45.3 Å². The molecular weight excluding hydrogens is 300 g/mol. The molecule has 1 aromatic carbocycles. The van der Waals surface area contributed by atoms with E-state index in [0.29, 0.717) is 11.8 Å². The summed E-state index contributed by atoms with van der Waals surface area (Å²) in [6, 6.07) is 10.7. The Hall–Kier alpha value is -1.81. The third kappa shape index (κ3) is 3.34. The summed E-state index contributed by atoms with van der Waals surface area (Å²) in [5.74, 6) is 1.38. The number of benzene rings is 1. The van der Waals surface area contributed by atoms with Crippen LogP contribution in [0.3, 0.4) is 0 Å². The number of hydrogen-bond acceptors (Lipinski definition) is 2. The minimum absolute atomic E-state index is 0.158. The van der Waals surface area contributed by atoms with Gasteiger partial charge in [0.05, 0.1) is 6.61 Å². The van der Waals surface area contributed by atoms with Crippen molar-refractivity contribution < 1.29 is 9.53 Å². The first-order valence-corrected chi connectivity index (χ1v) is 9.19. The Balaban J connectivity index is 1.33. The summed E-state index contributed by atoms with van der Waals surface area (Å²) >= 11 is 0. The van der Waals surface area contributed by atoms with E-state index in [-0.39, 0.29) is 12.0 Å². The molecule has 1 aliphatic heterocycles. The van der Waals surface area contributed by atoms with Gasteiger partial charge in [0, 0.05) is 30.2 Å². The molecular formula is C20H26N2O2. The van der Waals surface area contributed by atoms with Crippen LogP contribution in [-0.2, 0) is 9.53 Å². The molecule has 4 nitrogen and oxygen atoms in total. The molecule has 1 aliphatic carbocycles. The van der Waals surface area contributed by atoms with E-state index in [1.165, 1.54) is 29.4 Å². The lowest BCUT2D eigenvalue weighted by Crippen LogP contribution is -2.43. The second-order valence-electron chi connectivity index (χ2n) is 7.33. The molecule has 1 N–H and O–H groups in total. The predicted octanol–water partition coefficient (Wildman–Crippen LogP) is 3.69. The largest absolute Gasteiger partial charge is 0.368 e. The van der Waals surface area contributed by atoms with Crippen molar-refractivity contribution in [3.05, 3.63) is 36.0 Å². The molecule has 1 atom stereocenters. The van der Waals surface area contributed by atoms with E-state index in [1.54, 1.807) is 0 Å². The van der Waals surface area contributed by atoms with Crippen LogP contribution in [0.15, 0.2) is 30.3 Å². The number of ether oxygens (including phenoxy) is 1. The first-order chi connectivity index (χ1) is 11.7. The minimum atomic E-state index is -0.296. The van der Waals surface area contributed by atoms with Crippen LogP contribution < -0.4 is 0 Å². The molecule has 2 aromatic rings. The van der Waals surface area contributed by atoms with Gasteiger partial charge in [-0.25, -0.2) is 0 Å². The Morgan fingerprint density at radius 2 is 2.00 bits per heavy atom. The molecule has 0 radical (unpaired) electrons. The van der Waals surface area contributed by atoms with Crippen LogP contribution in [0.2, 0.25) is 0 Å². The molecule has 128 valence electrons. The SMILES string of the molecule is C[C@H](OCC1CC1)C(=O)N1CCC(c2cc3ccccc3[nH]2)CC1. The number of carbonyl (C=O) groups is 1. The van der Waals surface area contributed by atoms with Crippen LogP contribution in [0.1, 0.15) is 44.2 Å². The Bertz CT molecular complexity index is 678. The summed E-state index contributed by atoms with van der Waals surface area (Å²) in [5, 5.41) is 1.27. The minimum Gasteiger partial charge on any atom is -0.368 e. The molecule has 2 fully saturated rings. The average molecular weight is 326 g/mol. The molecule has 1 aromatic heterocycles. The molecule has 0 unspecified atom stereocenters. The number of aromatic nitrogens is 1. The number of carbonyl (C=O) groups excluding carboxylic acids is 1. The van der Waals surface area contributed by atoms with Crippen molar-refractivity contribution in [1.29, 1.82) is 0 Å². The number of nitrogens with zero attached hydrogens (tertiary/aromatic N) is 1. The zero-order valence-corrected chi connectivity index (χ0v) is 14.3. The van der Waals surface area contributed by atoms with Crippen LogP contribution in [-0.4, -0.2) is 41.6 Å². The van der Waals surface area contributed by atoms with Gasteiger partial charge in [0.2, 0.25) is 0 Å². The van der Waals surface area contributed by atoms with Crippen molar-refractivity contribution in [1.82, 2.24) is 9.88 Å². The Labute approximate surface area is 143 Å². The maximum Gasteiger partial charge on any atom is 0.251 e. The zero-order valence-electron chi connectivity index (χ0n) is 14.3. The molecule has 4 heteroatoms. The highest BCUT2D eigenvalue weighted by Crippen LogP contribution is 2.31. The fraction of sp³-hybridized carbons (Fsp3) is 0.550. The zero-order chi connectivity index (χ0) is 16.5. The van der Waals surface area contributed by atoms with E-state index in [0.717, 1.165) is 32.5 Å². The van der Waals surface area contributed by atoms with Crippen molar-refractivity contribution in [2.75, 3.05) is 19.7 Å². The number of nitrogens with one attached hydrogen (secondary N) is 1. The van der Waals surface area contributed by atoms with Crippen LogP contribution in [0.25, 0.3) is 10.9 Å². The predicted molar refractivity (Wildman–Crippen MR) is 95.0 cm³/mol. The van der Waals surface area contributed by atoms with Crippen LogP contribution in [0.4, 0.5) is 0 Å². The number of fused-ring (bicyclic) bond motifs is 1. The molecule has 2 aliphatic rings. The molecule has 1 amide bonds. The molecule has 1 saturated carbocycles. The van der Waals surface area contributed by atoms with Crippen molar-refractivity contribution in [2.24, 2.45) is 5.92 Å². The number of para-hydroxylation sites is 1. The lowest BCUT2D eigenvalue weighted by atomic mass is 9.93. The standard InChI is InChI=1S/C20H26N2O2/c1-14(24-13-15-6-7-15)20(23)22-10-8-16(9-11-22)19-12-17-4-2-3-5-18(17)21-19/h2-5,12,14-16,21H,6-11,13H2,1H3/t14-/m0/s1. The Morgan fingerprint density at radius 1 is 1.25 bits per heavy atom. The summed E-state index contributed by atoms with van der Waals surface area (Å²) in [7, 11) is 0. The number of likely N-dealkylation sites (tertiary alicyclic amines) is 1. The Morgan fingerprint density at radius 3 is 2.71 bits per heavy atom. The van der Waals surface area contributed by atoms with Gasteiger partial charge in [0.1, 0.15) is 6.10 Å². The quantitative estimate of drug-likeness (QED) is 0.911. The van der Waals surface area contributed by atoms with E-state index >= 15 is 0 Å². The van der Waals surface area contributed by atoms with E-state index in [1.807, 2.05) is 11.8 Å². The number of rotatable bonds is 5. The van der Waals surface area contributed by atoms with Gasteiger partial charge >= 0.3 is 0 Å². The second-order valence-corrected chi connectivity index (χ2v) is 7.33. The smallest absolute Gasteiger partial charge is 0.251 e. The van der Waals surface area contributed by atoms with Gasteiger partial charge < -0.3 is 14.6 Å². The molecule has 0 bridgehead atoms. The van der Waals surface area contributed by atoms with Gasteiger partial charge in [-0.05, 0) is 56.0 Å². The van der Waals surface area contributed by atoms with E-state index < -0.39 is 0 Å². The fourth-order valence-corrected chi connectivity index (χ4v) is 3.62. The van der Waals surface area contributed by atoms with Gasteiger partial charge in [-0.15, -0.1) is 0 Å². The van der Waals surface area contributed by atoms with Crippen molar-refractivity contribution >= 4 is 16.8 Å². The van der Waals surface area contributed by atoms with Gasteiger partial charge in [-0.2, -0.15) is 0 Å². The van der Waals surface area contributed by atoms with Crippen molar-refractivity contribution in [2.45, 2.75) is 44.6 Å². The van der Waals surface area contributed by atoms with E-state index in [9.17, 15) is 4.79 Å². The van der Waals surface area contributed by atoms with Crippen LogP contribution >= 0.6 is 0 Å². The Kier molecular flexibility index (Phi) is 4.31. The summed E-state index contributed by atoms with van der Waals surface area (Å²) in [5.41, 5.74) is 2.51. The molecule has 1 saturated heterocycles. The number of hydrogen-bond donors (Lipinski definition) is 1. The van der Waals surface area contributed by atoms with E-state index in [2.05, 4.69) is 35.3 Å². The molecule has 2 heterocycles.